The highest BCUT2D eigenvalue weighted by Gasteiger charge is 3.02. The van der Waals surface area contributed by atoms with Crippen LogP contribution in [-0.4, -0.2) is 55.4 Å². The highest BCUT2D eigenvalue weighted by Crippen LogP contribution is 2.74. The van der Waals surface area contributed by atoms with E-state index in [2.05, 4.69) is 23.7 Å². The van der Waals surface area contributed by atoms with E-state index in [1.807, 2.05) is 0 Å². The molecule has 1 spiro atoms. The Morgan fingerprint density at radius 1 is 0.613 bits per heavy atom. The quantitative estimate of drug-likeness (QED) is 0.514. The third-order valence-electron chi connectivity index (χ3n) is 3.89. The number of rotatable bonds is 4. The number of hydrogen-bond donors (Lipinski definition) is 0. The third kappa shape index (κ3) is 3.16. The van der Waals surface area contributed by atoms with Gasteiger partial charge in [0, 0.05) is 6.92 Å². The topological polar surface area (TPSA) is 46.2 Å². The second-order valence-electron chi connectivity index (χ2n) is 5.96. The molecule has 2 rings (SSSR count). The van der Waals surface area contributed by atoms with E-state index < -0.39 is 67.7 Å². The largest absolute Gasteiger partial charge is 0.446 e. The summed E-state index contributed by atoms with van der Waals surface area (Å²) in [6, 6.07) is -12.5. The number of hydrogen-bond acceptors (Lipinski definition) is 5. The van der Waals surface area contributed by atoms with Crippen molar-refractivity contribution in [2.24, 2.45) is 5.41 Å². The second kappa shape index (κ2) is 6.41. The van der Waals surface area contributed by atoms with Crippen molar-refractivity contribution in [1.29, 1.82) is 0 Å². The summed E-state index contributed by atoms with van der Waals surface area (Å²) >= 11 is 0. The molecule has 184 valence electrons. The average molecular weight is 502 g/mol. The minimum absolute atomic E-state index is 0.789. The Hall–Kier alpha value is -1.25. The van der Waals surface area contributed by atoms with Gasteiger partial charge in [-0.25, -0.2) is 4.39 Å². The van der Waals surface area contributed by atoms with Crippen LogP contribution < -0.4 is 0 Å². The molecule has 2 aliphatic heterocycles. The monoisotopic (exact) mass is 502 g/mol. The summed E-state index contributed by atoms with van der Waals surface area (Å²) in [5.41, 5.74) is -7.23. The molecule has 2 fully saturated rings. The van der Waals surface area contributed by atoms with E-state index in [9.17, 15) is 65.9 Å². The zero-order valence-electron chi connectivity index (χ0n) is 13.9. The molecule has 0 bridgehead atoms. The molecule has 31 heavy (non-hydrogen) atoms. The molecule has 2 heterocycles. The van der Waals surface area contributed by atoms with Crippen molar-refractivity contribution in [1.82, 2.24) is 0 Å². The van der Waals surface area contributed by atoms with Crippen LogP contribution in [0.4, 0.5) is 65.9 Å². The molecule has 0 saturated carbocycles. The molecule has 0 N–H and O–H groups in total. The van der Waals surface area contributed by atoms with Gasteiger partial charge in [-0.05, 0) is 0 Å². The molecule has 0 aromatic heterocycles. The van der Waals surface area contributed by atoms with Crippen molar-refractivity contribution < 1.29 is 89.5 Å². The average Bonchev–Trinajstić information content (AvgIpc) is 2.38. The van der Waals surface area contributed by atoms with Crippen LogP contribution in [0.3, 0.4) is 0 Å². The van der Waals surface area contributed by atoms with Crippen molar-refractivity contribution in [3.05, 3.63) is 0 Å². The lowest BCUT2D eigenvalue weighted by Crippen LogP contribution is -2.84. The molecule has 0 aromatic carbocycles. The zero-order valence-corrected chi connectivity index (χ0v) is 13.9. The van der Waals surface area contributed by atoms with Gasteiger partial charge in [0.05, 0.1) is 0 Å². The summed E-state index contributed by atoms with van der Waals surface area (Å²) in [4.78, 5) is 0. The van der Waals surface area contributed by atoms with Crippen molar-refractivity contribution in [2.75, 3.05) is 6.86 Å². The molecule has 5 nitrogen and oxygen atoms in total. The molecule has 0 aromatic rings. The number of alkyl halides is 15. The molecular formula is C11H5F15O5. The molecule has 0 unspecified atom stereocenters. The summed E-state index contributed by atoms with van der Waals surface area (Å²) in [5, 5.41) is 0. The fourth-order valence-electron chi connectivity index (χ4n) is 2.48. The first-order valence-electron chi connectivity index (χ1n) is 7.04. The van der Waals surface area contributed by atoms with Gasteiger partial charge in [0.25, 0.3) is 0 Å². The van der Waals surface area contributed by atoms with Crippen molar-refractivity contribution in [3.8, 4) is 0 Å². The molecule has 2 saturated heterocycles. The lowest BCUT2D eigenvalue weighted by atomic mass is 9.79. The highest BCUT2D eigenvalue weighted by molar-refractivity contribution is 5.12. The van der Waals surface area contributed by atoms with Crippen LogP contribution >= 0.6 is 0 Å². The van der Waals surface area contributed by atoms with Crippen molar-refractivity contribution >= 4 is 0 Å². The van der Waals surface area contributed by atoms with E-state index in [-0.39, 0.29) is 0 Å². The van der Waals surface area contributed by atoms with E-state index in [4.69, 9.17) is 0 Å². The van der Waals surface area contributed by atoms with Gasteiger partial charge in [0.15, 0.2) is 6.86 Å². The predicted molar refractivity (Wildman–Crippen MR) is 56.9 cm³/mol. The highest BCUT2D eigenvalue weighted by atomic mass is 19.3. The predicted octanol–water partition coefficient (Wildman–Crippen LogP) is 4.88. The number of ether oxygens (including phenoxy) is 5. The molecule has 0 aliphatic carbocycles. The van der Waals surface area contributed by atoms with Crippen LogP contribution in [0.5, 0.6) is 0 Å². The van der Waals surface area contributed by atoms with Gasteiger partial charge in [0.1, 0.15) is 0 Å². The Morgan fingerprint density at radius 2 is 0.903 bits per heavy atom. The Kier molecular flexibility index (Phi) is 5.38. The standard InChI is InChI=1S/C11H5F15O5/c1-3(13,14)10(25)28-5(15,16)4(6(17,18)29-10)7(19,20)30-11(26,31-8(4,21)22)9(23,24)27-2-12/h2H2,1H3. The lowest BCUT2D eigenvalue weighted by Gasteiger charge is -2.58. The maximum atomic E-state index is 14.1. The van der Waals surface area contributed by atoms with Gasteiger partial charge < -0.3 is 0 Å². The van der Waals surface area contributed by atoms with Gasteiger partial charge in [-0.1, -0.05) is 0 Å². The number of halogens is 15. The van der Waals surface area contributed by atoms with Gasteiger partial charge in [-0.2, -0.15) is 61.5 Å². The first-order valence-corrected chi connectivity index (χ1v) is 7.04. The van der Waals surface area contributed by atoms with Crippen molar-refractivity contribution in [3.63, 3.8) is 0 Å². The van der Waals surface area contributed by atoms with E-state index in [0.717, 1.165) is 0 Å². The second-order valence-corrected chi connectivity index (χ2v) is 5.96. The van der Waals surface area contributed by atoms with Crippen LogP contribution in [0.25, 0.3) is 0 Å². The summed E-state index contributed by atoms with van der Waals surface area (Å²) in [7, 11) is 0. The van der Waals surface area contributed by atoms with E-state index >= 15 is 0 Å². The van der Waals surface area contributed by atoms with E-state index in [0.29, 0.717) is 0 Å². The smallest absolute Gasteiger partial charge is 0.282 e. The van der Waals surface area contributed by atoms with Crippen LogP contribution in [-0.2, 0) is 23.7 Å². The van der Waals surface area contributed by atoms with Crippen LogP contribution in [0, 0.1) is 5.41 Å². The first kappa shape index (κ1) is 26.0. The minimum atomic E-state index is -7.32. The summed E-state index contributed by atoms with van der Waals surface area (Å²) < 4.78 is 217. The molecule has 2 aliphatic rings. The normalized spacial score (nSPS) is 39.5. The SMILES string of the molecule is CC(F)(F)C1(F)OC(F)(F)C2(C(F)(F)O1)C(F)(F)OC(F)(C(F)(F)OCF)OC2(F)F. The zero-order chi connectivity index (χ0) is 24.7. The molecular weight excluding hydrogens is 497 g/mol. The fourth-order valence-corrected chi connectivity index (χ4v) is 2.48. The minimum Gasteiger partial charge on any atom is -0.282 e. The Bertz CT molecular complexity index is 681. The van der Waals surface area contributed by atoms with E-state index in [1.54, 1.807) is 0 Å². The Balaban J connectivity index is 2.76. The summed E-state index contributed by atoms with van der Waals surface area (Å²) in [6.45, 7) is -3.62. The van der Waals surface area contributed by atoms with Crippen LogP contribution in [0.2, 0.25) is 0 Å². The molecule has 0 radical (unpaired) electrons. The van der Waals surface area contributed by atoms with Crippen LogP contribution in [0.1, 0.15) is 6.92 Å². The molecule has 0 atom stereocenters. The van der Waals surface area contributed by atoms with E-state index in [1.165, 1.54) is 0 Å². The van der Waals surface area contributed by atoms with Crippen LogP contribution in [0.15, 0.2) is 0 Å². The maximum absolute atomic E-state index is 14.1. The lowest BCUT2D eigenvalue weighted by molar-refractivity contribution is -0.706. The molecule has 0 amide bonds. The van der Waals surface area contributed by atoms with Gasteiger partial charge in [0.2, 0.25) is 0 Å². The van der Waals surface area contributed by atoms with Gasteiger partial charge in [-0.15, -0.1) is 0 Å². The third-order valence-corrected chi connectivity index (χ3v) is 3.89. The Morgan fingerprint density at radius 3 is 1.16 bits per heavy atom. The van der Waals surface area contributed by atoms with Gasteiger partial charge in [-0.3, -0.25) is 23.7 Å². The maximum Gasteiger partial charge on any atom is 0.446 e. The Labute approximate surface area is 158 Å². The summed E-state index contributed by atoms with van der Waals surface area (Å²) in [6.07, 6.45) is -35.4. The summed E-state index contributed by atoms with van der Waals surface area (Å²) in [5.74, 6) is -5.58. The first-order chi connectivity index (χ1) is 13.4. The van der Waals surface area contributed by atoms with Crippen molar-refractivity contribution in [2.45, 2.75) is 55.5 Å². The molecule has 20 heteroatoms. The fraction of sp³-hybridized carbons (Fsp3) is 1.00. The van der Waals surface area contributed by atoms with Gasteiger partial charge >= 0.3 is 54.0 Å².